The molecule has 7 heteroatoms. The molecule has 0 radical (unpaired) electrons. The van der Waals surface area contributed by atoms with Crippen molar-refractivity contribution in [2.24, 2.45) is 0 Å². The second kappa shape index (κ2) is 4.86. The third-order valence-corrected chi connectivity index (χ3v) is 2.92. The highest BCUT2D eigenvalue weighted by Gasteiger charge is 2.19. The molecule has 0 saturated carbocycles. The molecule has 1 aromatic carbocycles. The number of aromatic nitrogens is 4. The highest BCUT2D eigenvalue weighted by atomic mass is 16.5. The number of para-hydroxylation sites is 1. The monoisotopic (exact) mass is 284 g/mol. The van der Waals surface area contributed by atoms with Crippen molar-refractivity contribution in [2.75, 3.05) is 0 Å². The van der Waals surface area contributed by atoms with E-state index < -0.39 is 5.97 Å². The average Bonchev–Trinajstić information content (AvgIpc) is 3.04. The van der Waals surface area contributed by atoms with Gasteiger partial charge in [0.2, 0.25) is 11.6 Å². The molecule has 0 saturated heterocycles. The quantitative estimate of drug-likeness (QED) is 0.792. The number of hydrogen-bond acceptors (Lipinski definition) is 5. The number of hydrogen-bond donors (Lipinski definition) is 1. The first kappa shape index (κ1) is 13.0. The van der Waals surface area contributed by atoms with Crippen molar-refractivity contribution in [1.29, 1.82) is 0 Å². The Labute approximate surface area is 119 Å². The third-order valence-electron chi connectivity index (χ3n) is 2.92. The standard InChI is InChI=1S/C14H12N4O3/c1-8-7-12(21-17-8)13-15-9(2)16-18(13)11-6-4-3-5-10(11)14(19)20/h3-7H,1-2H3,(H,19,20). The average molecular weight is 284 g/mol. The zero-order valence-electron chi connectivity index (χ0n) is 11.4. The van der Waals surface area contributed by atoms with Gasteiger partial charge in [-0.25, -0.2) is 14.5 Å². The summed E-state index contributed by atoms with van der Waals surface area (Å²) in [5, 5.41) is 17.4. The summed E-state index contributed by atoms with van der Waals surface area (Å²) in [6, 6.07) is 8.32. The first-order chi connectivity index (χ1) is 10.1. The van der Waals surface area contributed by atoms with Gasteiger partial charge in [0.25, 0.3) is 0 Å². The Hall–Kier alpha value is -2.96. The van der Waals surface area contributed by atoms with Crippen molar-refractivity contribution >= 4 is 5.97 Å². The maximum absolute atomic E-state index is 11.4. The summed E-state index contributed by atoms with van der Waals surface area (Å²) in [5.74, 6) is 0.341. The van der Waals surface area contributed by atoms with E-state index in [1.807, 2.05) is 0 Å². The fourth-order valence-corrected chi connectivity index (χ4v) is 2.05. The molecule has 0 amide bonds. The molecule has 7 nitrogen and oxygen atoms in total. The molecule has 1 N–H and O–H groups in total. The van der Waals surface area contributed by atoms with Crippen molar-refractivity contribution in [3.8, 4) is 17.3 Å². The molecule has 2 aromatic heterocycles. The van der Waals surface area contributed by atoms with Crippen LogP contribution in [0.25, 0.3) is 17.3 Å². The van der Waals surface area contributed by atoms with E-state index in [0.29, 0.717) is 28.8 Å². The van der Waals surface area contributed by atoms with E-state index in [4.69, 9.17) is 4.52 Å². The largest absolute Gasteiger partial charge is 0.478 e. The molecule has 0 aliphatic carbocycles. The zero-order chi connectivity index (χ0) is 15.0. The van der Waals surface area contributed by atoms with Gasteiger partial charge in [-0.3, -0.25) is 0 Å². The van der Waals surface area contributed by atoms with Crippen LogP contribution in [0.3, 0.4) is 0 Å². The number of carboxylic acid groups (broad SMARTS) is 1. The van der Waals surface area contributed by atoms with Crippen molar-refractivity contribution in [3.05, 3.63) is 47.4 Å². The molecule has 0 aliphatic heterocycles. The first-order valence-electron chi connectivity index (χ1n) is 6.26. The van der Waals surface area contributed by atoms with Crippen LogP contribution in [-0.4, -0.2) is 31.0 Å². The number of carboxylic acids is 1. The summed E-state index contributed by atoms with van der Waals surface area (Å²) in [6.07, 6.45) is 0. The normalized spacial score (nSPS) is 10.8. The summed E-state index contributed by atoms with van der Waals surface area (Å²) in [7, 11) is 0. The number of aromatic carboxylic acids is 1. The van der Waals surface area contributed by atoms with Gasteiger partial charge in [0.15, 0.2) is 0 Å². The Morgan fingerprint density at radius 2 is 2.05 bits per heavy atom. The molecule has 0 spiro atoms. The van der Waals surface area contributed by atoms with E-state index in [2.05, 4.69) is 15.2 Å². The van der Waals surface area contributed by atoms with Gasteiger partial charge in [-0.15, -0.1) is 0 Å². The predicted molar refractivity (Wildman–Crippen MR) is 73.3 cm³/mol. The maximum atomic E-state index is 11.4. The minimum Gasteiger partial charge on any atom is -0.478 e. The number of rotatable bonds is 3. The fraction of sp³-hybridized carbons (Fsp3) is 0.143. The van der Waals surface area contributed by atoms with Gasteiger partial charge in [-0.05, 0) is 26.0 Å². The van der Waals surface area contributed by atoms with Gasteiger partial charge < -0.3 is 9.63 Å². The second-order valence-corrected chi connectivity index (χ2v) is 4.55. The number of carbonyl (C=O) groups is 1. The van der Waals surface area contributed by atoms with Crippen LogP contribution < -0.4 is 0 Å². The molecule has 2 heterocycles. The molecule has 0 fully saturated rings. The lowest BCUT2D eigenvalue weighted by Gasteiger charge is -2.07. The van der Waals surface area contributed by atoms with E-state index >= 15 is 0 Å². The minimum absolute atomic E-state index is 0.139. The lowest BCUT2D eigenvalue weighted by molar-refractivity contribution is 0.0696. The van der Waals surface area contributed by atoms with E-state index in [1.54, 1.807) is 38.1 Å². The summed E-state index contributed by atoms with van der Waals surface area (Å²) >= 11 is 0. The van der Waals surface area contributed by atoms with Gasteiger partial charge >= 0.3 is 5.97 Å². The summed E-state index contributed by atoms with van der Waals surface area (Å²) in [5.41, 5.74) is 1.28. The van der Waals surface area contributed by atoms with Crippen molar-refractivity contribution in [2.45, 2.75) is 13.8 Å². The van der Waals surface area contributed by atoms with Crippen LogP contribution in [0.2, 0.25) is 0 Å². The number of benzene rings is 1. The Kier molecular flexibility index (Phi) is 3.02. The Morgan fingerprint density at radius 3 is 2.71 bits per heavy atom. The van der Waals surface area contributed by atoms with Crippen LogP contribution >= 0.6 is 0 Å². The van der Waals surface area contributed by atoms with Crippen molar-refractivity contribution < 1.29 is 14.4 Å². The van der Waals surface area contributed by atoms with Crippen LogP contribution in [0.5, 0.6) is 0 Å². The molecule has 3 aromatic rings. The SMILES string of the molecule is Cc1cc(-c2nc(C)nn2-c2ccccc2C(=O)O)on1. The smallest absolute Gasteiger partial charge is 0.337 e. The molecule has 0 unspecified atom stereocenters. The lowest BCUT2D eigenvalue weighted by atomic mass is 10.2. The van der Waals surface area contributed by atoms with E-state index in [9.17, 15) is 9.90 Å². The molecule has 106 valence electrons. The molecule has 0 atom stereocenters. The molecular weight excluding hydrogens is 272 g/mol. The van der Waals surface area contributed by atoms with Crippen LogP contribution in [0.4, 0.5) is 0 Å². The Balaban J connectivity index is 2.23. The van der Waals surface area contributed by atoms with Gasteiger partial charge in [0.1, 0.15) is 5.82 Å². The second-order valence-electron chi connectivity index (χ2n) is 4.55. The minimum atomic E-state index is -1.03. The van der Waals surface area contributed by atoms with E-state index in [-0.39, 0.29) is 5.56 Å². The Morgan fingerprint density at radius 1 is 1.29 bits per heavy atom. The van der Waals surface area contributed by atoms with Gasteiger partial charge in [0, 0.05) is 6.07 Å². The topological polar surface area (TPSA) is 94.0 Å². The lowest BCUT2D eigenvalue weighted by Crippen LogP contribution is -2.07. The van der Waals surface area contributed by atoms with E-state index in [1.165, 1.54) is 10.7 Å². The predicted octanol–water partition coefficient (Wildman–Crippen LogP) is 2.24. The maximum Gasteiger partial charge on any atom is 0.337 e. The van der Waals surface area contributed by atoms with Gasteiger partial charge in [-0.1, -0.05) is 17.3 Å². The number of nitrogens with zero attached hydrogens (tertiary/aromatic N) is 4. The van der Waals surface area contributed by atoms with Crippen molar-refractivity contribution in [1.82, 2.24) is 19.9 Å². The summed E-state index contributed by atoms with van der Waals surface area (Å²) in [6.45, 7) is 3.53. The summed E-state index contributed by atoms with van der Waals surface area (Å²) in [4.78, 5) is 15.7. The highest BCUT2D eigenvalue weighted by molar-refractivity contribution is 5.92. The third kappa shape index (κ3) is 2.29. The molecule has 3 rings (SSSR count). The summed E-state index contributed by atoms with van der Waals surface area (Å²) < 4.78 is 6.66. The zero-order valence-corrected chi connectivity index (χ0v) is 11.4. The molecule has 0 aliphatic rings. The van der Waals surface area contributed by atoms with Crippen LogP contribution in [0.1, 0.15) is 21.9 Å². The highest BCUT2D eigenvalue weighted by Crippen LogP contribution is 2.23. The fourth-order valence-electron chi connectivity index (χ4n) is 2.05. The first-order valence-corrected chi connectivity index (χ1v) is 6.26. The number of aryl methyl sites for hydroxylation is 2. The van der Waals surface area contributed by atoms with Crippen LogP contribution in [0, 0.1) is 13.8 Å². The van der Waals surface area contributed by atoms with Crippen LogP contribution in [0.15, 0.2) is 34.9 Å². The van der Waals surface area contributed by atoms with Crippen LogP contribution in [-0.2, 0) is 0 Å². The molecule has 0 bridgehead atoms. The molecular formula is C14H12N4O3. The van der Waals surface area contributed by atoms with Gasteiger partial charge in [0.05, 0.1) is 16.9 Å². The molecule has 21 heavy (non-hydrogen) atoms. The Bertz CT molecular complexity index is 819. The van der Waals surface area contributed by atoms with Gasteiger partial charge in [-0.2, -0.15) is 5.10 Å². The van der Waals surface area contributed by atoms with Crippen molar-refractivity contribution in [3.63, 3.8) is 0 Å². The van der Waals surface area contributed by atoms with E-state index in [0.717, 1.165) is 0 Å².